The maximum atomic E-state index is 11.1. The van der Waals surface area contributed by atoms with Crippen LogP contribution in [0.1, 0.15) is 20.3 Å². The smallest absolute Gasteiger partial charge is 0.308 e. The number of ether oxygens (including phenoxy) is 1. The van der Waals surface area contributed by atoms with Crippen LogP contribution in [0.4, 0.5) is 0 Å². The molecule has 5 heteroatoms. The summed E-state index contributed by atoms with van der Waals surface area (Å²) in [7, 11) is 1.36. The van der Waals surface area contributed by atoms with Crippen molar-refractivity contribution in [1.29, 1.82) is 0 Å². The van der Waals surface area contributed by atoms with Gasteiger partial charge in [-0.05, 0) is 13.3 Å². The molecule has 0 aromatic heterocycles. The number of aliphatic hydroxyl groups is 2. The van der Waals surface area contributed by atoms with Crippen molar-refractivity contribution in [1.82, 2.24) is 5.32 Å². The molecule has 0 rings (SSSR count). The van der Waals surface area contributed by atoms with Gasteiger partial charge in [-0.1, -0.05) is 6.92 Å². The lowest BCUT2D eigenvalue weighted by Gasteiger charge is -2.21. The van der Waals surface area contributed by atoms with Crippen LogP contribution in [0.2, 0.25) is 0 Å². The zero-order valence-electron chi connectivity index (χ0n) is 9.56. The van der Waals surface area contributed by atoms with E-state index in [1.165, 1.54) is 7.11 Å². The SMILES string of the molecule is COC(=O)C(C)CC(C)NC(CO)CO. The van der Waals surface area contributed by atoms with Gasteiger partial charge < -0.3 is 20.3 Å². The Balaban J connectivity index is 3.91. The Kier molecular flexibility index (Phi) is 7.29. The Bertz CT molecular complexity index is 182. The highest BCUT2D eigenvalue weighted by atomic mass is 16.5. The molecule has 0 saturated heterocycles. The minimum atomic E-state index is -0.329. The van der Waals surface area contributed by atoms with Gasteiger partial charge in [0.2, 0.25) is 0 Å². The van der Waals surface area contributed by atoms with E-state index in [9.17, 15) is 4.79 Å². The number of methoxy groups -OCH3 is 1. The van der Waals surface area contributed by atoms with Crippen LogP contribution >= 0.6 is 0 Å². The van der Waals surface area contributed by atoms with Crippen LogP contribution in [0, 0.1) is 5.92 Å². The summed E-state index contributed by atoms with van der Waals surface area (Å²) in [5.74, 6) is -0.427. The third-order valence-electron chi connectivity index (χ3n) is 2.27. The predicted molar refractivity (Wildman–Crippen MR) is 56.4 cm³/mol. The topological polar surface area (TPSA) is 78.8 Å². The highest BCUT2D eigenvalue weighted by Crippen LogP contribution is 2.08. The van der Waals surface area contributed by atoms with Crippen molar-refractivity contribution in [2.24, 2.45) is 5.92 Å². The molecule has 0 aromatic rings. The van der Waals surface area contributed by atoms with E-state index in [2.05, 4.69) is 10.1 Å². The summed E-state index contributed by atoms with van der Waals surface area (Å²) in [6.07, 6.45) is 0.614. The zero-order valence-corrected chi connectivity index (χ0v) is 9.56. The van der Waals surface area contributed by atoms with Gasteiger partial charge in [0.05, 0.1) is 32.3 Å². The van der Waals surface area contributed by atoms with Gasteiger partial charge in [-0.3, -0.25) is 4.79 Å². The quantitative estimate of drug-likeness (QED) is 0.504. The monoisotopic (exact) mass is 219 g/mol. The molecule has 5 nitrogen and oxygen atoms in total. The number of esters is 1. The molecule has 0 saturated carbocycles. The van der Waals surface area contributed by atoms with Gasteiger partial charge in [0.15, 0.2) is 0 Å². The molecular formula is C10H21NO4. The van der Waals surface area contributed by atoms with Crippen LogP contribution < -0.4 is 5.32 Å². The highest BCUT2D eigenvalue weighted by Gasteiger charge is 2.18. The lowest BCUT2D eigenvalue weighted by Crippen LogP contribution is -2.42. The van der Waals surface area contributed by atoms with Crippen LogP contribution in [0.5, 0.6) is 0 Å². The standard InChI is InChI=1S/C10H21NO4/c1-7(10(14)15-3)4-8(2)11-9(5-12)6-13/h7-9,11-13H,4-6H2,1-3H3. The van der Waals surface area contributed by atoms with E-state index in [4.69, 9.17) is 10.2 Å². The van der Waals surface area contributed by atoms with Gasteiger partial charge >= 0.3 is 5.97 Å². The first-order valence-electron chi connectivity index (χ1n) is 5.10. The molecular weight excluding hydrogens is 198 g/mol. The van der Waals surface area contributed by atoms with E-state index in [1.54, 1.807) is 6.92 Å². The van der Waals surface area contributed by atoms with Gasteiger partial charge in [0, 0.05) is 6.04 Å². The second-order valence-corrected chi connectivity index (χ2v) is 3.79. The molecule has 3 N–H and O–H groups in total. The highest BCUT2D eigenvalue weighted by molar-refractivity contribution is 5.71. The first-order valence-corrected chi connectivity index (χ1v) is 5.10. The minimum Gasteiger partial charge on any atom is -0.469 e. The second-order valence-electron chi connectivity index (χ2n) is 3.79. The minimum absolute atomic E-state index is 0.0448. The summed E-state index contributed by atoms with van der Waals surface area (Å²) >= 11 is 0. The molecule has 15 heavy (non-hydrogen) atoms. The Labute approximate surface area is 90.4 Å². The molecule has 2 unspecified atom stereocenters. The van der Waals surface area contributed by atoms with E-state index in [0.29, 0.717) is 6.42 Å². The van der Waals surface area contributed by atoms with Gasteiger partial charge in [0.1, 0.15) is 0 Å². The molecule has 2 atom stereocenters. The van der Waals surface area contributed by atoms with E-state index in [0.717, 1.165) is 0 Å². The maximum Gasteiger partial charge on any atom is 0.308 e. The average molecular weight is 219 g/mol. The Morgan fingerprint density at radius 3 is 2.27 bits per heavy atom. The van der Waals surface area contributed by atoms with E-state index in [-0.39, 0.29) is 37.2 Å². The molecule has 0 radical (unpaired) electrons. The molecule has 0 amide bonds. The number of rotatable bonds is 7. The lowest BCUT2D eigenvalue weighted by atomic mass is 10.0. The van der Waals surface area contributed by atoms with Gasteiger partial charge in [-0.2, -0.15) is 0 Å². The van der Waals surface area contributed by atoms with Crippen molar-refractivity contribution in [2.45, 2.75) is 32.4 Å². The molecule has 0 heterocycles. The summed E-state index contributed by atoms with van der Waals surface area (Å²) < 4.78 is 4.61. The second kappa shape index (κ2) is 7.62. The van der Waals surface area contributed by atoms with Crippen molar-refractivity contribution in [2.75, 3.05) is 20.3 Å². The molecule has 90 valence electrons. The molecule has 0 spiro atoms. The normalized spacial score (nSPS) is 15.1. The van der Waals surface area contributed by atoms with Gasteiger partial charge in [-0.25, -0.2) is 0 Å². The molecule has 0 aliphatic rings. The number of aliphatic hydroxyl groups excluding tert-OH is 2. The van der Waals surface area contributed by atoms with E-state index < -0.39 is 0 Å². The van der Waals surface area contributed by atoms with Crippen LogP contribution in [-0.2, 0) is 9.53 Å². The Hall–Kier alpha value is -0.650. The number of hydrogen-bond acceptors (Lipinski definition) is 5. The fourth-order valence-electron chi connectivity index (χ4n) is 1.46. The van der Waals surface area contributed by atoms with Gasteiger partial charge in [0.25, 0.3) is 0 Å². The van der Waals surface area contributed by atoms with Crippen LogP contribution in [0.15, 0.2) is 0 Å². The predicted octanol–water partition coefficient (Wildman–Crippen LogP) is -0.483. The number of hydrogen-bond donors (Lipinski definition) is 3. The van der Waals surface area contributed by atoms with Crippen LogP contribution in [0.25, 0.3) is 0 Å². The van der Waals surface area contributed by atoms with Gasteiger partial charge in [-0.15, -0.1) is 0 Å². The Morgan fingerprint density at radius 2 is 1.87 bits per heavy atom. The number of nitrogens with one attached hydrogen (secondary N) is 1. The first-order chi connectivity index (χ1) is 7.04. The summed E-state index contributed by atoms with van der Waals surface area (Å²) in [5, 5.41) is 20.7. The van der Waals surface area contributed by atoms with Crippen molar-refractivity contribution < 1.29 is 19.7 Å². The fourth-order valence-corrected chi connectivity index (χ4v) is 1.46. The summed E-state index contributed by atoms with van der Waals surface area (Å²) in [6.45, 7) is 3.45. The first kappa shape index (κ1) is 14.3. The molecule has 0 fully saturated rings. The summed E-state index contributed by atoms with van der Waals surface area (Å²) in [6, 6.07) is -0.284. The van der Waals surface area contributed by atoms with Crippen LogP contribution in [0.3, 0.4) is 0 Å². The van der Waals surface area contributed by atoms with E-state index in [1.807, 2.05) is 6.92 Å². The summed E-state index contributed by atoms with van der Waals surface area (Å²) in [5.41, 5.74) is 0. The average Bonchev–Trinajstić information content (AvgIpc) is 2.24. The number of carbonyl (C=O) groups excluding carboxylic acids is 1. The van der Waals surface area contributed by atoms with Crippen LogP contribution in [-0.4, -0.2) is 48.6 Å². The zero-order chi connectivity index (χ0) is 11.8. The lowest BCUT2D eigenvalue weighted by molar-refractivity contribution is -0.145. The van der Waals surface area contributed by atoms with E-state index >= 15 is 0 Å². The third kappa shape index (κ3) is 5.71. The fraction of sp³-hybridized carbons (Fsp3) is 0.900. The maximum absolute atomic E-state index is 11.1. The molecule has 0 aliphatic carbocycles. The summed E-state index contributed by atoms with van der Waals surface area (Å²) in [4.78, 5) is 11.1. The van der Waals surface area contributed by atoms with Crippen molar-refractivity contribution in [3.8, 4) is 0 Å². The van der Waals surface area contributed by atoms with Crippen molar-refractivity contribution in [3.05, 3.63) is 0 Å². The Morgan fingerprint density at radius 1 is 1.33 bits per heavy atom. The van der Waals surface area contributed by atoms with Crippen molar-refractivity contribution >= 4 is 5.97 Å². The van der Waals surface area contributed by atoms with Crippen molar-refractivity contribution in [3.63, 3.8) is 0 Å². The largest absolute Gasteiger partial charge is 0.469 e. The molecule has 0 aromatic carbocycles. The molecule has 0 aliphatic heterocycles. The number of carbonyl (C=O) groups is 1. The third-order valence-corrected chi connectivity index (χ3v) is 2.27. The molecule has 0 bridgehead atoms.